The van der Waals surface area contributed by atoms with Crippen molar-refractivity contribution in [3.05, 3.63) is 34.2 Å². The first kappa shape index (κ1) is 18.3. The van der Waals surface area contributed by atoms with E-state index >= 15 is 0 Å². The first-order valence-corrected chi connectivity index (χ1v) is 8.66. The van der Waals surface area contributed by atoms with Crippen molar-refractivity contribution in [2.45, 2.75) is 53.6 Å². The summed E-state index contributed by atoms with van der Waals surface area (Å²) in [6.45, 7) is 9.94. The lowest BCUT2D eigenvalue weighted by Crippen LogP contribution is -2.25. The summed E-state index contributed by atoms with van der Waals surface area (Å²) in [6, 6.07) is 5.36. The van der Waals surface area contributed by atoms with Crippen LogP contribution in [0, 0.1) is 11.8 Å². The highest BCUT2D eigenvalue weighted by atomic mass is 16.5. The molecule has 24 heavy (non-hydrogen) atoms. The van der Waals surface area contributed by atoms with Gasteiger partial charge in [0.2, 0.25) is 0 Å². The third-order valence-corrected chi connectivity index (χ3v) is 4.30. The Balaban J connectivity index is 2.55. The summed E-state index contributed by atoms with van der Waals surface area (Å²) >= 11 is 0. The summed E-state index contributed by atoms with van der Waals surface area (Å²) in [5.41, 5.74) is 2.18. The quantitative estimate of drug-likeness (QED) is 0.727. The van der Waals surface area contributed by atoms with E-state index < -0.39 is 0 Å². The first-order chi connectivity index (χ1) is 11.3. The lowest BCUT2D eigenvalue weighted by atomic mass is 10.1. The maximum absolute atomic E-state index is 12.9. The number of hydrogen-bond donors (Lipinski definition) is 0. The third kappa shape index (κ3) is 3.89. The average Bonchev–Trinajstić information content (AvgIpc) is 2.80. The lowest BCUT2D eigenvalue weighted by molar-refractivity contribution is 0.0601. The van der Waals surface area contributed by atoms with E-state index in [1.807, 2.05) is 10.6 Å². The number of benzene rings is 1. The van der Waals surface area contributed by atoms with Gasteiger partial charge in [0.05, 0.1) is 23.7 Å². The molecule has 0 unspecified atom stereocenters. The van der Waals surface area contributed by atoms with Gasteiger partial charge in [0.15, 0.2) is 0 Å². The summed E-state index contributed by atoms with van der Waals surface area (Å²) in [4.78, 5) is 24.7. The molecule has 0 fully saturated rings. The number of imidazole rings is 1. The van der Waals surface area contributed by atoms with Crippen LogP contribution < -0.4 is 5.69 Å². The van der Waals surface area contributed by atoms with Gasteiger partial charge in [-0.15, -0.1) is 0 Å². The number of carbonyl (C=O) groups excluding carboxylic acids is 1. The predicted molar refractivity (Wildman–Crippen MR) is 96.4 cm³/mol. The van der Waals surface area contributed by atoms with Crippen molar-refractivity contribution in [2.24, 2.45) is 11.8 Å². The minimum atomic E-state index is -0.380. The summed E-state index contributed by atoms with van der Waals surface area (Å²) in [5.74, 6) is 0.657. The zero-order chi connectivity index (χ0) is 17.9. The number of carbonyl (C=O) groups is 1. The molecule has 2 aromatic rings. The summed E-state index contributed by atoms with van der Waals surface area (Å²) in [6.07, 6.45) is 1.87. The SMILES string of the molecule is COC(=O)c1ccc2c(c1)n(CCC(C)C)c(=O)n2CCC(C)C. The molecule has 2 rings (SSSR count). The zero-order valence-electron chi connectivity index (χ0n) is 15.3. The van der Waals surface area contributed by atoms with Crippen molar-refractivity contribution < 1.29 is 9.53 Å². The minimum Gasteiger partial charge on any atom is -0.465 e. The van der Waals surface area contributed by atoms with Crippen molar-refractivity contribution in [2.75, 3.05) is 7.11 Å². The third-order valence-electron chi connectivity index (χ3n) is 4.30. The molecule has 0 aliphatic heterocycles. The molecule has 0 atom stereocenters. The summed E-state index contributed by atoms with van der Waals surface area (Å²) in [7, 11) is 1.37. The monoisotopic (exact) mass is 332 g/mol. The molecule has 5 heteroatoms. The lowest BCUT2D eigenvalue weighted by Gasteiger charge is -2.06. The van der Waals surface area contributed by atoms with E-state index in [-0.39, 0.29) is 11.7 Å². The van der Waals surface area contributed by atoms with E-state index in [9.17, 15) is 9.59 Å². The summed E-state index contributed by atoms with van der Waals surface area (Å²) < 4.78 is 8.43. The number of aryl methyl sites for hydroxylation is 2. The molecule has 5 nitrogen and oxygen atoms in total. The Kier molecular flexibility index (Phi) is 5.86. The molecule has 0 saturated heterocycles. The zero-order valence-corrected chi connectivity index (χ0v) is 15.3. The molecule has 1 heterocycles. The van der Waals surface area contributed by atoms with Gasteiger partial charge in [-0.3, -0.25) is 9.13 Å². The van der Waals surface area contributed by atoms with Crippen LogP contribution in [-0.4, -0.2) is 22.2 Å². The van der Waals surface area contributed by atoms with E-state index in [1.165, 1.54) is 7.11 Å². The minimum absolute atomic E-state index is 0.00770. The number of methoxy groups -OCH3 is 1. The maximum Gasteiger partial charge on any atom is 0.337 e. The van der Waals surface area contributed by atoms with E-state index in [0.29, 0.717) is 30.5 Å². The van der Waals surface area contributed by atoms with Gasteiger partial charge in [-0.25, -0.2) is 9.59 Å². The van der Waals surface area contributed by atoms with Crippen molar-refractivity contribution in [1.29, 1.82) is 0 Å². The fourth-order valence-electron chi connectivity index (χ4n) is 2.77. The van der Waals surface area contributed by atoms with Gasteiger partial charge >= 0.3 is 11.7 Å². The van der Waals surface area contributed by atoms with E-state index in [1.54, 1.807) is 16.7 Å². The van der Waals surface area contributed by atoms with E-state index in [4.69, 9.17) is 4.74 Å². The molecule has 0 bridgehead atoms. The van der Waals surface area contributed by atoms with Crippen LogP contribution >= 0.6 is 0 Å². The van der Waals surface area contributed by atoms with Gasteiger partial charge in [0.25, 0.3) is 0 Å². The number of hydrogen-bond acceptors (Lipinski definition) is 3. The Bertz CT molecular complexity index is 769. The maximum atomic E-state index is 12.9. The fourth-order valence-corrected chi connectivity index (χ4v) is 2.77. The Labute approximate surface area is 143 Å². The topological polar surface area (TPSA) is 53.2 Å². The highest BCUT2D eigenvalue weighted by Gasteiger charge is 2.16. The van der Waals surface area contributed by atoms with Gasteiger partial charge in [-0.1, -0.05) is 27.7 Å². The second-order valence-electron chi connectivity index (χ2n) is 7.15. The molecule has 1 aromatic carbocycles. The van der Waals surface area contributed by atoms with Crippen LogP contribution in [0.25, 0.3) is 11.0 Å². The van der Waals surface area contributed by atoms with Crippen LogP contribution in [0.1, 0.15) is 50.9 Å². The molecule has 0 aliphatic carbocycles. The largest absolute Gasteiger partial charge is 0.465 e. The predicted octanol–water partition coefficient (Wildman–Crippen LogP) is 3.68. The van der Waals surface area contributed by atoms with Crippen LogP contribution in [0.5, 0.6) is 0 Å². The molecular weight excluding hydrogens is 304 g/mol. The van der Waals surface area contributed by atoms with Crippen LogP contribution in [0.3, 0.4) is 0 Å². The van der Waals surface area contributed by atoms with Crippen molar-refractivity contribution >= 4 is 17.0 Å². The van der Waals surface area contributed by atoms with Crippen molar-refractivity contribution in [3.8, 4) is 0 Å². The van der Waals surface area contributed by atoms with Gasteiger partial charge < -0.3 is 4.74 Å². The Morgan fingerprint density at radius 1 is 1.00 bits per heavy atom. The van der Waals surface area contributed by atoms with Crippen LogP contribution in [0.15, 0.2) is 23.0 Å². The number of fused-ring (bicyclic) bond motifs is 1. The smallest absolute Gasteiger partial charge is 0.337 e. The van der Waals surface area contributed by atoms with Crippen LogP contribution in [-0.2, 0) is 17.8 Å². The van der Waals surface area contributed by atoms with E-state index in [0.717, 1.165) is 23.9 Å². The Morgan fingerprint density at radius 3 is 2.04 bits per heavy atom. The second kappa shape index (κ2) is 7.69. The highest BCUT2D eigenvalue weighted by molar-refractivity contribution is 5.93. The molecule has 0 amide bonds. The van der Waals surface area contributed by atoms with Gasteiger partial charge in [-0.2, -0.15) is 0 Å². The van der Waals surface area contributed by atoms with Gasteiger partial charge in [0, 0.05) is 13.1 Å². The molecule has 0 radical (unpaired) electrons. The molecule has 0 saturated carbocycles. The number of aromatic nitrogens is 2. The molecular formula is C19H28N2O3. The van der Waals surface area contributed by atoms with Gasteiger partial charge in [-0.05, 0) is 42.9 Å². The summed E-state index contributed by atoms with van der Waals surface area (Å²) in [5, 5.41) is 0. The van der Waals surface area contributed by atoms with E-state index in [2.05, 4.69) is 27.7 Å². The Morgan fingerprint density at radius 2 is 1.54 bits per heavy atom. The van der Waals surface area contributed by atoms with Crippen LogP contribution in [0.4, 0.5) is 0 Å². The van der Waals surface area contributed by atoms with Crippen molar-refractivity contribution in [1.82, 2.24) is 9.13 Å². The Hall–Kier alpha value is -2.04. The normalized spacial score (nSPS) is 11.6. The molecule has 1 aromatic heterocycles. The first-order valence-electron chi connectivity index (χ1n) is 8.66. The molecule has 0 spiro atoms. The molecule has 132 valence electrons. The molecule has 0 aliphatic rings. The fraction of sp³-hybridized carbons (Fsp3) is 0.579. The van der Waals surface area contributed by atoms with Crippen LogP contribution in [0.2, 0.25) is 0 Å². The number of nitrogens with zero attached hydrogens (tertiary/aromatic N) is 2. The number of ether oxygens (including phenoxy) is 1. The number of esters is 1. The van der Waals surface area contributed by atoms with Gasteiger partial charge in [0.1, 0.15) is 0 Å². The molecule has 0 N–H and O–H groups in total. The highest BCUT2D eigenvalue weighted by Crippen LogP contribution is 2.18. The number of rotatable bonds is 7. The second-order valence-corrected chi connectivity index (χ2v) is 7.15. The average molecular weight is 332 g/mol. The van der Waals surface area contributed by atoms with Crippen molar-refractivity contribution in [3.63, 3.8) is 0 Å². The standard InChI is InChI=1S/C19H28N2O3/c1-13(2)8-10-20-16-7-6-15(18(22)24-5)12-17(16)21(19(20)23)11-9-14(3)4/h6-7,12-14H,8-11H2,1-5H3.